The van der Waals surface area contributed by atoms with E-state index in [4.69, 9.17) is 0 Å². The van der Waals surface area contributed by atoms with Crippen molar-refractivity contribution in [1.82, 2.24) is 19.3 Å². The van der Waals surface area contributed by atoms with Gasteiger partial charge in [-0.3, -0.25) is 19.3 Å². The first-order valence-corrected chi connectivity index (χ1v) is 9.36. The normalized spacial score (nSPS) is 16.4. The molecule has 0 aliphatic carbocycles. The van der Waals surface area contributed by atoms with E-state index in [0.29, 0.717) is 16.8 Å². The summed E-state index contributed by atoms with van der Waals surface area (Å²) in [6, 6.07) is 11.9. The Morgan fingerprint density at radius 1 is 1.00 bits per heavy atom. The van der Waals surface area contributed by atoms with Crippen LogP contribution in [0.15, 0.2) is 55.0 Å². The van der Waals surface area contributed by atoms with Gasteiger partial charge in [0.1, 0.15) is 5.65 Å². The van der Waals surface area contributed by atoms with Crippen molar-refractivity contribution in [3.8, 4) is 0 Å². The lowest BCUT2D eigenvalue weighted by Gasteiger charge is -2.14. The van der Waals surface area contributed by atoms with Crippen LogP contribution in [0.1, 0.15) is 23.2 Å². The van der Waals surface area contributed by atoms with E-state index < -0.39 is 0 Å². The maximum absolute atomic E-state index is 12.8. The van der Waals surface area contributed by atoms with E-state index in [2.05, 4.69) is 20.9 Å². The van der Waals surface area contributed by atoms with Crippen molar-refractivity contribution >= 4 is 39.5 Å². The van der Waals surface area contributed by atoms with Crippen LogP contribution in [-0.4, -0.2) is 25.8 Å². The van der Waals surface area contributed by atoms with Crippen molar-refractivity contribution in [2.45, 2.75) is 19.4 Å². The summed E-state index contributed by atoms with van der Waals surface area (Å²) in [6.45, 7) is 0.918. The molecule has 6 heteroatoms. The monoisotopic (exact) mass is 368 g/mol. The molecule has 6 rings (SSSR count). The summed E-state index contributed by atoms with van der Waals surface area (Å²) in [7, 11) is 0. The first-order valence-electron chi connectivity index (χ1n) is 9.36. The summed E-state index contributed by atoms with van der Waals surface area (Å²) in [4.78, 5) is 30.0. The van der Waals surface area contributed by atoms with Gasteiger partial charge in [-0.2, -0.15) is 0 Å². The lowest BCUT2D eigenvalue weighted by atomic mass is 9.97. The Bertz CT molecular complexity index is 1360. The number of nitrogens with zero attached hydrogens (tertiary/aromatic N) is 3. The molecule has 0 saturated heterocycles. The summed E-state index contributed by atoms with van der Waals surface area (Å²) < 4.78 is 4.05. The quantitative estimate of drug-likeness (QED) is 0.553. The van der Waals surface area contributed by atoms with Gasteiger partial charge >= 0.3 is 0 Å². The van der Waals surface area contributed by atoms with E-state index in [0.717, 1.165) is 36.0 Å². The fraction of sp³-hybridized carbons (Fsp3) is 0.136. The van der Waals surface area contributed by atoms with Crippen molar-refractivity contribution in [2.75, 3.05) is 0 Å². The number of hydrogen-bond donors (Lipinski definition) is 1. The van der Waals surface area contributed by atoms with Gasteiger partial charge in [-0.15, -0.1) is 0 Å². The van der Waals surface area contributed by atoms with Crippen LogP contribution in [0.25, 0.3) is 27.7 Å². The molecule has 3 aromatic heterocycles. The van der Waals surface area contributed by atoms with Crippen molar-refractivity contribution in [3.05, 3.63) is 71.8 Å². The number of aromatic nitrogens is 3. The minimum Gasteiger partial charge on any atom is -0.347 e. The molecule has 2 aliphatic heterocycles. The molecule has 0 radical (unpaired) electrons. The number of imidazole rings is 1. The fourth-order valence-corrected chi connectivity index (χ4v) is 4.53. The number of rotatable bonds is 2. The molecule has 0 unspecified atom stereocenters. The summed E-state index contributed by atoms with van der Waals surface area (Å²) >= 11 is 0. The summed E-state index contributed by atoms with van der Waals surface area (Å²) in [6.07, 6.45) is 7.64. The molecule has 0 bridgehead atoms. The van der Waals surface area contributed by atoms with Crippen LogP contribution in [0.2, 0.25) is 0 Å². The van der Waals surface area contributed by atoms with Crippen LogP contribution in [0.3, 0.4) is 0 Å². The van der Waals surface area contributed by atoms with Crippen LogP contribution in [0.4, 0.5) is 0 Å². The van der Waals surface area contributed by atoms with Crippen molar-refractivity contribution in [1.29, 1.82) is 0 Å². The second kappa shape index (κ2) is 5.42. The van der Waals surface area contributed by atoms with Crippen LogP contribution >= 0.6 is 0 Å². The van der Waals surface area contributed by atoms with Crippen LogP contribution in [0.5, 0.6) is 0 Å². The van der Waals surface area contributed by atoms with E-state index in [1.165, 1.54) is 11.1 Å². The van der Waals surface area contributed by atoms with Gasteiger partial charge in [0, 0.05) is 29.9 Å². The van der Waals surface area contributed by atoms with E-state index in [-0.39, 0.29) is 11.8 Å². The lowest BCUT2D eigenvalue weighted by Crippen LogP contribution is -2.23. The Morgan fingerprint density at radius 3 is 2.82 bits per heavy atom. The van der Waals surface area contributed by atoms with Crippen LogP contribution < -0.4 is 5.32 Å². The summed E-state index contributed by atoms with van der Waals surface area (Å²) in [5.41, 5.74) is 5.44. The lowest BCUT2D eigenvalue weighted by molar-refractivity contribution is -0.122. The van der Waals surface area contributed by atoms with E-state index in [1.807, 2.05) is 47.1 Å². The highest BCUT2D eigenvalue weighted by Gasteiger charge is 2.35. The molecule has 2 amide bonds. The average Bonchev–Trinajstić information content (AvgIpc) is 3.37. The predicted octanol–water partition coefficient (Wildman–Crippen LogP) is 2.80. The van der Waals surface area contributed by atoms with Gasteiger partial charge in [-0.05, 0) is 30.5 Å². The number of para-hydroxylation sites is 1. The van der Waals surface area contributed by atoms with Gasteiger partial charge in [0.05, 0.1) is 28.6 Å². The predicted molar refractivity (Wildman–Crippen MR) is 105 cm³/mol. The highest BCUT2D eigenvalue weighted by molar-refractivity contribution is 6.49. The van der Waals surface area contributed by atoms with E-state index >= 15 is 0 Å². The molecule has 1 aromatic carbocycles. The van der Waals surface area contributed by atoms with Gasteiger partial charge in [0.15, 0.2) is 0 Å². The number of carbonyl (C=O) groups is 2. The molecular formula is C22H16N4O2. The topological polar surface area (TPSA) is 68.4 Å². The second-order valence-electron chi connectivity index (χ2n) is 7.26. The third kappa shape index (κ3) is 1.94. The Morgan fingerprint density at radius 2 is 1.89 bits per heavy atom. The minimum absolute atomic E-state index is 0.352. The van der Waals surface area contributed by atoms with E-state index in [1.54, 1.807) is 6.20 Å². The number of benzene rings is 1. The first-order chi connectivity index (χ1) is 13.7. The standard InChI is InChI=1S/C22H16N4O2/c27-21-18(15-12-25-9-4-6-13-5-3-7-14(15)20(13)25)19(22(28)24-21)16-11-23-17-8-1-2-10-26(16)17/h1-3,5,7-8,10-12H,4,6,9H2,(H,24,27,28). The number of nitrogens with one attached hydrogen (secondary N) is 1. The second-order valence-corrected chi connectivity index (χ2v) is 7.26. The van der Waals surface area contributed by atoms with Crippen molar-refractivity contribution in [2.24, 2.45) is 0 Å². The fourth-order valence-electron chi connectivity index (χ4n) is 4.53. The summed E-state index contributed by atoms with van der Waals surface area (Å²) in [5.74, 6) is -0.729. The van der Waals surface area contributed by atoms with Crippen molar-refractivity contribution < 1.29 is 9.59 Å². The molecule has 0 spiro atoms. The first kappa shape index (κ1) is 15.4. The third-order valence-corrected chi connectivity index (χ3v) is 5.70. The zero-order chi connectivity index (χ0) is 18.8. The largest absolute Gasteiger partial charge is 0.347 e. The molecule has 28 heavy (non-hydrogen) atoms. The highest BCUT2D eigenvalue weighted by Crippen LogP contribution is 2.38. The number of carbonyl (C=O) groups excluding carboxylic acids is 2. The Balaban J connectivity index is 1.69. The number of hydrogen-bond acceptors (Lipinski definition) is 3. The molecular weight excluding hydrogens is 352 g/mol. The van der Waals surface area contributed by atoms with Gasteiger partial charge in [0.2, 0.25) is 0 Å². The van der Waals surface area contributed by atoms with Crippen LogP contribution in [-0.2, 0) is 22.6 Å². The Hall–Kier alpha value is -3.67. The smallest absolute Gasteiger partial charge is 0.261 e. The molecule has 6 nitrogen and oxygen atoms in total. The van der Waals surface area contributed by atoms with Crippen molar-refractivity contribution in [3.63, 3.8) is 0 Å². The zero-order valence-electron chi connectivity index (χ0n) is 15.0. The number of amides is 2. The Labute approximate surface area is 160 Å². The number of imide groups is 1. The number of pyridine rings is 1. The van der Waals surface area contributed by atoms with Gasteiger partial charge < -0.3 is 4.57 Å². The average molecular weight is 368 g/mol. The SMILES string of the molecule is O=C1NC(=O)C(c2cnc3ccccn23)=C1c1cn2c3c(cccc13)CCC2. The van der Waals surface area contributed by atoms with E-state index in [9.17, 15) is 9.59 Å². The number of fused-ring (bicyclic) bond motifs is 1. The highest BCUT2D eigenvalue weighted by atomic mass is 16.2. The third-order valence-electron chi connectivity index (χ3n) is 5.70. The molecule has 0 saturated carbocycles. The maximum atomic E-state index is 12.8. The number of aryl methyl sites for hydroxylation is 2. The van der Waals surface area contributed by atoms with Gasteiger partial charge in [-0.1, -0.05) is 24.3 Å². The maximum Gasteiger partial charge on any atom is 0.261 e. The summed E-state index contributed by atoms with van der Waals surface area (Å²) in [5, 5.41) is 3.51. The molecule has 136 valence electrons. The van der Waals surface area contributed by atoms with Crippen LogP contribution in [0, 0.1) is 0 Å². The molecule has 5 heterocycles. The van der Waals surface area contributed by atoms with Gasteiger partial charge in [0.25, 0.3) is 11.8 Å². The van der Waals surface area contributed by atoms with Gasteiger partial charge in [-0.25, -0.2) is 4.98 Å². The molecule has 0 fully saturated rings. The Kier molecular flexibility index (Phi) is 2.98. The molecule has 4 aromatic rings. The minimum atomic E-state index is -0.377. The molecule has 1 N–H and O–H groups in total. The molecule has 2 aliphatic rings. The molecule has 0 atom stereocenters. The zero-order valence-corrected chi connectivity index (χ0v) is 15.0.